The van der Waals surface area contributed by atoms with Crippen molar-refractivity contribution in [3.8, 4) is 5.75 Å². The number of benzene rings is 1. The molecule has 1 aromatic rings. The second kappa shape index (κ2) is 10.6. The van der Waals surface area contributed by atoms with E-state index in [0.717, 1.165) is 43.8 Å². The average Bonchev–Trinajstić information content (AvgIpc) is 3.16. The molecule has 1 aliphatic carbocycles. The molecule has 0 amide bonds. The molecule has 1 heterocycles. The van der Waals surface area contributed by atoms with Crippen molar-refractivity contribution in [3.05, 3.63) is 28.2 Å². The number of hydrogen-bond acceptors (Lipinski definition) is 4. The summed E-state index contributed by atoms with van der Waals surface area (Å²) in [6.07, 6.45) is 7.84. The van der Waals surface area contributed by atoms with E-state index in [1.165, 1.54) is 42.5 Å². The molecule has 1 aromatic carbocycles. The van der Waals surface area contributed by atoms with Gasteiger partial charge in [0.2, 0.25) is 10.0 Å². The summed E-state index contributed by atoms with van der Waals surface area (Å²) in [5.41, 5.74) is 1.34. The molecule has 29 heavy (non-hydrogen) atoms. The van der Waals surface area contributed by atoms with E-state index in [9.17, 15) is 8.42 Å². The van der Waals surface area contributed by atoms with Crippen LogP contribution >= 0.6 is 15.9 Å². The van der Waals surface area contributed by atoms with Crippen LogP contribution in [0, 0.1) is 11.8 Å². The smallest absolute Gasteiger partial charge is 0.211 e. The van der Waals surface area contributed by atoms with Crippen molar-refractivity contribution in [2.75, 3.05) is 32.5 Å². The first-order valence-corrected chi connectivity index (χ1v) is 13.4. The first-order chi connectivity index (χ1) is 13.9. The van der Waals surface area contributed by atoms with Crippen molar-refractivity contribution < 1.29 is 13.2 Å². The van der Waals surface area contributed by atoms with Gasteiger partial charge in [0, 0.05) is 17.1 Å². The average molecular weight is 488 g/mol. The number of methoxy groups -OCH3 is 1. The van der Waals surface area contributed by atoms with E-state index in [1.807, 2.05) is 6.07 Å². The Labute approximate surface area is 184 Å². The lowest BCUT2D eigenvalue weighted by atomic mass is 9.84. The zero-order valence-electron chi connectivity index (χ0n) is 17.7. The van der Waals surface area contributed by atoms with Gasteiger partial charge in [0.15, 0.2) is 0 Å². The van der Waals surface area contributed by atoms with Crippen LogP contribution in [0.5, 0.6) is 5.75 Å². The molecule has 1 aliphatic heterocycles. The van der Waals surface area contributed by atoms with E-state index in [-0.39, 0.29) is 11.8 Å². The maximum atomic E-state index is 11.7. The van der Waals surface area contributed by atoms with Crippen LogP contribution in [0.3, 0.4) is 0 Å². The lowest BCUT2D eigenvalue weighted by Gasteiger charge is -2.30. The molecule has 0 radical (unpaired) electrons. The van der Waals surface area contributed by atoms with Gasteiger partial charge in [0.05, 0.1) is 12.9 Å². The molecule has 0 spiro atoms. The van der Waals surface area contributed by atoms with Crippen LogP contribution in [-0.4, -0.2) is 51.9 Å². The zero-order valence-corrected chi connectivity index (χ0v) is 20.1. The van der Waals surface area contributed by atoms with E-state index in [4.69, 9.17) is 4.74 Å². The molecule has 1 saturated heterocycles. The Hall–Kier alpha value is -0.630. The van der Waals surface area contributed by atoms with Crippen molar-refractivity contribution >= 4 is 26.0 Å². The Kier molecular flexibility index (Phi) is 8.42. The van der Waals surface area contributed by atoms with Crippen molar-refractivity contribution in [1.29, 1.82) is 0 Å². The predicted molar refractivity (Wildman–Crippen MR) is 122 cm³/mol. The van der Waals surface area contributed by atoms with Crippen molar-refractivity contribution in [2.45, 2.75) is 57.9 Å². The minimum absolute atomic E-state index is 0.147. The van der Waals surface area contributed by atoms with Crippen molar-refractivity contribution in [3.63, 3.8) is 0 Å². The third kappa shape index (κ3) is 6.94. The van der Waals surface area contributed by atoms with Crippen LogP contribution in [0.1, 0.15) is 51.0 Å². The van der Waals surface area contributed by atoms with Crippen LogP contribution in [-0.2, 0) is 16.4 Å². The molecule has 2 fully saturated rings. The fourth-order valence-corrected chi connectivity index (χ4v) is 6.02. The van der Waals surface area contributed by atoms with Crippen LogP contribution in [0.25, 0.3) is 0 Å². The number of likely N-dealkylation sites (tertiary alicyclic amines) is 1. The minimum Gasteiger partial charge on any atom is -0.497 e. The number of ether oxygens (including phenoxy) is 1. The highest BCUT2D eigenvalue weighted by Crippen LogP contribution is 2.30. The second-order valence-electron chi connectivity index (χ2n) is 8.64. The highest BCUT2D eigenvalue weighted by Gasteiger charge is 2.27. The number of sulfonamides is 1. The molecule has 0 bridgehead atoms. The monoisotopic (exact) mass is 486 g/mol. The van der Waals surface area contributed by atoms with Gasteiger partial charge in [-0.3, -0.25) is 0 Å². The summed E-state index contributed by atoms with van der Waals surface area (Å²) in [6, 6.07) is 6.38. The van der Waals surface area contributed by atoms with Gasteiger partial charge in [-0.25, -0.2) is 13.1 Å². The minimum atomic E-state index is -3.07. The van der Waals surface area contributed by atoms with Gasteiger partial charge in [0.25, 0.3) is 0 Å². The van der Waals surface area contributed by atoms with Gasteiger partial charge in [-0.15, -0.1) is 0 Å². The number of rotatable bonds is 9. The molecule has 7 heteroatoms. The second-order valence-corrected chi connectivity index (χ2v) is 11.5. The molecule has 2 aliphatic rings. The number of nitrogens with one attached hydrogen (secondary N) is 1. The molecule has 1 atom stereocenters. The summed E-state index contributed by atoms with van der Waals surface area (Å²) in [7, 11) is -1.35. The summed E-state index contributed by atoms with van der Waals surface area (Å²) in [6.45, 7) is 5.24. The van der Waals surface area contributed by atoms with Crippen LogP contribution < -0.4 is 9.46 Å². The topological polar surface area (TPSA) is 58.6 Å². The lowest BCUT2D eigenvalue weighted by molar-refractivity contribution is 0.245. The quantitative estimate of drug-likeness (QED) is 0.567. The maximum absolute atomic E-state index is 11.7. The number of hydrogen-bond donors (Lipinski definition) is 1. The number of halogens is 1. The summed E-state index contributed by atoms with van der Waals surface area (Å²) < 4.78 is 32.9. The molecule has 1 N–H and O–H groups in total. The first-order valence-electron chi connectivity index (χ1n) is 10.9. The summed E-state index contributed by atoms with van der Waals surface area (Å²) in [5.74, 6) is 2.55. The largest absolute Gasteiger partial charge is 0.497 e. The lowest BCUT2D eigenvalue weighted by Crippen LogP contribution is -2.38. The van der Waals surface area contributed by atoms with Gasteiger partial charge in [0.1, 0.15) is 5.75 Å². The maximum Gasteiger partial charge on any atom is 0.211 e. The molecular formula is C22H35BrN2O3S. The Balaban J connectivity index is 1.38. The molecular weight excluding hydrogens is 452 g/mol. The first kappa shape index (κ1) is 23.0. The molecule has 1 saturated carbocycles. The molecule has 0 aromatic heterocycles. The molecule has 3 rings (SSSR count). The Morgan fingerprint density at radius 2 is 1.93 bits per heavy atom. The number of nitrogens with zero attached hydrogens (tertiary/aromatic N) is 1. The Morgan fingerprint density at radius 1 is 1.17 bits per heavy atom. The summed E-state index contributed by atoms with van der Waals surface area (Å²) in [4.78, 5) is 2.62. The highest BCUT2D eigenvalue weighted by molar-refractivity contribution is 9.10. The highest BCUT2D eigenvalue weighted by atomic mass is 79.9. The fraction of sp³-hybridized carbons (Fsp3) is 0.727. The van der Waals surface area contributed by atoms with Crippen LogP contribution in [0.4, 0.5) is 0 Å². The van der Waals surface area contributed by atoms with E-state index in [1.54, 1.807) is 14.0 Å². The van der Waals surface area contributed by atoms with Gasteiger partial charge in [-0.2, -0.15) is 0 Å². The third-order valence-corrected chi connectivity index (χ3v) is 8.78. The van der Waals surface area contributed by atoms with Crippen LogP contribution in [0.2, 0.25) is 0 Å². The Bertz CT molecular complexity index is 763. The standard InChI is InChI=1S/C22H35BrN2O3S/c1-3-29(26,27)24-20-6-4-17(5-7-20)10-12-25-13-11-18(16-25)14-19-15-21(28-2)8-9-22(19)23/h8-9,15,17-18,20,24H,3-7,10-14,16H2,1-2H3/t17-,18?,20-. The van der Waals surface area contributed by atoms with E-state index in [0.29, 0.717) is 5.92 Å². The zero-order chi connectivity index (χ0) is 20.9. The Morgan fingerprint density at radius 3 is 2.62 bits per heavy atom. The van der Waals surface area contributed by atoms with Crippen molar-refractivity contribution in [1.82, 2.24) is 9.62 Å². The molecule has 164 valence electrons. The van der Waals surface area contributed by atoms with Crippen molar-refractivity contribution in [2.24, 2.45) is 11.8 Å². The van der Waals surface area contributed by atoms with E-state index in [2.05, 4.69) is 37.7 Å². The molecule has 1 unspecified atom stereocenters. The van der Waals surface area contributed by atoms with Gasteiger partial charge >= 0.3 is 0 Å². The molecule has 5 nitrogen and oxygen atoms in total. The summed E-state index contributed by atoms with van der Waals surface area (Å²) >= 11 is 3.68. The van der Waals surface area contributed by atoms with E-state index < -0.39 is 10.0 Å². The SMILES string of the molecule is CCS(=O)(=O)N[C@H]1CC[C@H](CCN2CCC(Cc3cc(OC)ccc3Br)C2)CC1. The predicted octanol–water partition coefficient (Wildman–Crippen LogP) is 4.21. The summed E-state index contributed by atoms with van der Waals surface area (Å²) in [5, 5.41) is 0. The fourth-order valence-electron chi connectivity index (χ4n) is 4.70. The van der Waals surface area contributed by atoms with Gasteiger partial charge < -0.3 is 9.64 Å². The van der Waals surface area contributed by atoms with Gasteiger partial charge in [-0.05, 0) is 101 Å². The van der Waals surface area contributed by atoms with E-state index >= 15 is 0 Å². The van der Waals surface area contributed by atoms with Gasteiger partial charge in [-0.1, -0.05) is 15.9 Å². The third-order valence-electron chi connectivity index (χ3n) is 6.56. The van der Waals surface area contributed by atoms with Crippen LogP contribution in [0.15, 0.2) is 22.7 Å². The normalized spacial score (nSPS) is 26.0.